The van der Waals surface area contributed by atoms with Crippen molar-refractivity contribution in [3.8, 4) is 5.75 Å². The minimum absolute atomic E-state index is 0.180. The van der Waals surface area contributed by atoms with E-state index in [0.717, 1.165) is 5.56 Å². The molecular formula is C16H17Cl2NO2. The molecule has 0 saturated carbocycles. The molecule has 5 heteroatoms. The normalized spacial score (nSPS) is 12.1. The van der Waals surface area contributed by atoms with Crippen LogP contribution in [0.3, 0.4) is 0 Å². The number of benzene rings is 2. The third-order valence-corrected chi connectivity index (χ3v) is 3.60. The lowest BCUT2D eigenvalue weighted by atomic mass is 10.2. The molecule has 0 radical (unpaired) electrons. The molecule has 2 rings (SSSR count). The number of ether oxygens (including phenoxy) is 1. The molecule has 2 aromatic carbocycles. The summed E-state index contributed by atoms with van der Waals surface area (Å²) in [4.78, 5) is 0. The van der Waals surface area contributed by atoms with E-state index in [9.17, 15) is 5.11 Å². The van der Waals surface area contributed by atoms with E-state index in [4.69, 9.17) is 27.9 Å². The zero-order chi connectivity index (χ0) is 15.1. The van der Waals surface area contributed by atoms with Gasteiger partial charge in [0.25, 0.3) is 0 Å². The zero-order valence-electron chi connectivity index (χ0n) is 11.4. The first-order chi connectivity index (χ1) is 10.2. The molecule has 0 aliphatic heterocycles. The van der Waals surface area contributed by atoms with Crippen molar-refractivity contribution in [2.75, 3.05) is 13.2 Å². The van der Waals surface area contributed by atoms with Gasteiger partial charge in [-0.2, -0.15) is 0 Å². The standard InChI is InChI=1S/C16H17Cl2NO2/c17-14-6-2-1-5-12(14)9-19-10-13(20)11-21-16-8-4-3-7-15(16)18/h1-8,13,19-20H,9-11H2. The molecule has 0 fully saturated rings. The van der Waals surface area contributed by atoms with E-state index >= 15 is 0 Å². The topological polar surface area (TPSA) is 41.5 Å². The van der Waals surface area contributed by atoms with Crippen molar-refractivity contribution in [3.05, 3.63) is 64.1 Å². The Morgan fingerprint density at radius 1 is 1.00 bits per heavy atom. The van der Waals surface area contributed by atoms with Crippen LogP contribution in [0.25, 0.3) is 0 Å². The van der Waals surface area contributed by atoms with Gasteiger partial charge >= 0.3 is 0 Å². The summed E-state index contributed by atoms with van der Waals surface area (Å²) in [5, 5.41) is 14.3. The number of halogens is 2. The highest BCUT2D eigenvalue weighted by molar-refractivity contribution is 6.32. The fourth-order valence-electron chi connectivity index (χ4n) is 1.82. The Morgan fingerprint density at radius 2 is 1.67 bits per heavy atom. The monoisotopic (exact) mass is 325 g/mol. The Labute approximate surface area is 134 Å². The molecule has 2 aromatic rings. The highest BCUT2D eigenvalue weighted by Crippen LogP contribution is 2.23. The predicted octanol–water partition coefficient (Wildman–Crippen LogP) is 3.52. The van der Waals surface area contributed by atoms with E-state index in [0.29, 0.717) is 28.9 Å². The fraction of sp³-hybridized carbons (Fsp3) is 0.250. The van der Waals surface area contributed by atoms with Gasteiger partial charge in [-0.25, -0.2) is 0 Å². The average molecular weight is 326 g/mol. The van der Waals surface area contributed by atoms with E-state index in [1.165, 1.54) is 0 Å². The Balaban J connectivity index is 1.72. The molecule has 1 atom stereocenters. The van der Waals surface area contributed by atoms with Crippen LogP contribution >= 0.6 is 23.2 Å². The summed E-state index contributed by atoms with van der Waals surface area (Å²) in [5.41, 5.74) is 0.999. The molecule has 0 heterocycles. The number of aliphatic hydroxyl groups excluding tert-OH is 1. The van der Waals surface area contributed by atoms with Crippen LogP contribution in [0.15, 0.2) is 48.5 Å². The van der Waals surface area contributed by atoms with Crippen molar-refractivity contribution < 1.29 is 9.84 Å². The molecule has 0 aromatic heterocycles. The van der Waals surface area contributed by atoms with Crippen molar-refractivity contribution in [2.24, 2.45) is 0 Å². The van der Waals surface area contributed by atoms with Crippen molar-refractivity contribution in [3.63, 3.8) is 0 Å². The van der Waals surface area contributed by atoms with Crippen molar-refractivity contribution >= 4 is 23.2 Å². The summed E-state index contributed by atoms with van der Waals surface area (Å²) < 4.78 is 5.48. The fourth-order valence-corrected chi connectivity index (χ4v) is 2.21. The van der Waals surface area contributed by atoms with Crippen molar-refractivity contribution in [1.82, 2.24) is 5.32 Å². The maximum absolute atomic E-state index is 9.89. The van der Waals surface area contributed by atoms with E-state index in [1.54, 1.807) is 12.1 Å². The van der Waals surface area contributed by atoms with Crippen LogP contribution in [0.4, 0.5) is 0 Å². The quantitative estimate of drug-likeness (QED) is 0.818. The third-order valence-electron chi connectivity index (χ3n) is 2.92. The lowest BCUT2D eigenvalue weighted by molar-refractivity contribution is 0.106. The molecule has 0 spiro atoms. The Kier molecular flexibility index (Phi) is 6.33. The number of hydrogen-bond donors (Lipinski definition) is 2. The molecule has 112 valence electrons. The second kappa shape index (κ2) is 8.25. The molecular weight excluding hydrogens is 309 g/mol. The SMILES string of the molecule is OC(CNCc1ccccc1Cl)COc1ccccc1Cl. The predicted molar refractivity (Wildman–Crippen MR) is 86.1 cm³/mol. The second-order valence-corrected chi connectivity index (χ2v) is 5.43. The minimum atomic E-state index is -0.622. The largest absolute Gasteiger partial charge is 0.489 e. The zero-order valence-corrected chi connectivity index (χ0v) is 12.9. The molecule has 3 nitrogen and oxygen atoms in total. The summed E-state index contributed by atoms with van der Waals surface area (Å²) in [6.45, 7) is 1.19. The Bertz CT molecular complexity index is 578. The highest BCUT2D eigenvalue weighted by Gasteiger charge is 2.07. The van der Waals surface area contributed by atoms with Crippen LogP contribution in [0, 0.1) is 0 Å². The summed E-state index contributed by atoms with van der Waals surface area (Å²) in [6, 6.07) is 14.8. The highest BCUT2D eigenvalue weighted by atomic mass is 35.5. The average Bonchev–Trinajstić information content (AvgIpc) is 2.48. The molecule has 1 unspecified atom stereocenters. The molecule has 0 bridgehead atoms. The van der Waals surface area contributed by atoms with E-state index in [-0.39, 0.29) is 6.61 Å². The lowest BCUT2D eigenvalue weighted by Crippen LogP contribution is -2.31. The maximum Gasteiger partial charge on any atom is 0.138 e. The van der Waals surface area contributed by atoms with Gasteiger partial charge in [-0.3, -0.25) is 0 Å². The molecule has 2 N–H and O–H groups in total. The van der Waals surface area contributed by atoms with Gasteiger partial charge in [-0.1, -0.05) is 53.5 Å². The summed E-state index contributed by atoms with van der Waals surface area (Å²) >= 11 is 12.0. The summed E-state index contributed by atoms with van der Waals surface area (Å²) in [7, 11) is 0. The molecule has 0 amide bonds. The molecule has 21 heavy (non-hydrogen) atoms. The van der Waals surface area contributed by atoms with Crippen molar-refractivity contribution in [2.45, 2.75) is 12.6 Å². The van der Waals surface area contributed by atoms with E-state index in [1.807, 2.05) is 36.4 Å². The van der Waals surface area contributed by atoms with E-state index in [2.05, 4.69) is 5.32 Å². The van der Waals surface area contributed by atoms with Crippen LogP contribution in [0.2, 0.25) is 10.0 Å². The number of hydrogen-bond acceptors (Lipinski definition) is 3. The number of rotatable bonds is 7. The summed E-state index contributed by atoms with van der Waals surface area (Å²) in [5.74, 6) is 0.573. The van der Waals surface area contributed by atoms with Crippen LogP contribution < -0.4 is 10.1 Å². The first-order valence-corrected chi connectivity index (χ1v) is 7.42. The van der Waals surface area contributed by atoms with Gasteiger partial charge in [-0.15, -0.1) is 0 Å². The first-order valence-electron chi connectivity index (χ1n) is 6.66. The molecule has 0 saturated heterocycles. The van der Waals surface area contributed by atoms with Gasteiger partial charge in [0.2, 0.25) is 0 Å². The number of para-hydroxylation sites is 1. The lowest BCUT2D eigenvalue weighted by Gasteiger charge is -2.14. The smallest absolute Gasteiger partial charge is 0.138 e. The molecule has 0 aliphatic rings. The van der Waals surface area contributed by atoms with Gasteiger partial charge in [0.15, 0.2) is 0 Å². The van der Waals surface area contributed by atoms with Crippen molar-refractivity contribution in [1.29, 1.82) is 0 Å². The van der Waals surface area contributed by atoms with Gasteiger partial charge in [0, 0.05) is 18.1 Å². The van der Waals surface area contributed by atoms with E-state index < -0.39 is 6.10 Å². The number of aliphatic hydroxyl groups is 1. The van der Waals surface area contributed by atoms with Crippen LogP contribution in [0.1, 0.15) is 5.56 Å². The number of nitrogens with one attached hydrogen (secondary N) is 1. The van der Waals surface area contributed by atoms with Gasteiger partial charge in [0.1, 0.15) is 18.5 Å². The van der Waals surface area contributed by atoms with Crippen LogP contribution in [-0.4, -0.2) is 24.4 Å². The van der Waals surface area contributed by atoms with Gasteiger partial charge in [-0.05, 0) is 23.8 Å². The molecule has 0 aliphatic carbocycles. The van der Waals surface area contributed by atoms with Crippen LogP contribution in [-0.2, 0) is 6.54 Å². The second-order valence-electron chi connectivity index (χ2n) is 4.62. The first kappa shape index (κ1) is 16.1. The minimum Gasteiger partial charge on any atom is -0.489 e. The Hall–Kier alpha value is -1.26. The van der Waals surface area contributed by atoms with Gasteiger partial charge < -0.3 is 15.2 Å². The van der Waals surface area contributed by atoms with Crippen LogP contribution in [0.5, 0.6) is 5.75 Å². The third kappa shape index (κ3) is 5.21. The summed E-state index contributed by atoms with van der Waals surface area (Å²) in [6.07, 6.45) is -0.622. The Morgan fingerprint density at radius 3 is 2.38 bits per heavy atom. The maximum atomic E-state index is 9.89. The van der Waals surface area contributed by atoms with Gasteiger partial charge in [0.05, 0.1) is 5.02 Å².